The van der Waals surface area contributed by atoms with Crippen LogP contribution in [-0.4, -0.2) is 55.2 Å². The zero-order chi connectivity index (χ0) is 22.5. The van der Waals surface area contributed by atoms with Crippen LogP contribution in [0.4, 0.5) is 10.2 Å². The number of hydrogen-bond donors (Lipinski definition) is 0. The van der Waals surface area contributed by atoms with Gasteiger partial charge in [0, 0.05) is 38.3 Å². The minimum Gasteiger partial charge on any atom is -0.384 e. The molecule has 6 nitrogen and oxygen atoms in total. The highest BCUT2D eigenvalue weighted by atomic mass is 19.1. The number of rotatable bonds is 6. The molecular formula is C24H29FN4O2. The molecule has 0 aliphatic carbocycles. The van der Waals surface area contributed by atoms with E-state index >= 15 is 0 Å². The Morgan fingerprint density at radius 1 is 1.32 bits per heavy atom. The number of aromatic nitrogens is 1. The number of benzene rings is 1. The fraction of sp³-hybridized carbons (Fsp3) is 0.458. The van der Waals surface area contributed by atoms with E-state index in [-0.39, 0.29) is 23.7 Å². The van der Waals surface area contributed by atoms with E-state index in [2.05, 4.69) is 24.8 Å². The largest absolute Gasteiger partial charge is 0.384 e. The first kappa shape index (κ1) is 22.7. The molecule has 0 N–H and O–H groups in total. The lowest BCUT2D eigenvalue weighted by atomic mass is 9.95. The summed E-state index contributed by atoms with van der Waals surface area (Å²) in [5.41, 5.74) is 3.03. The van der Waals surface area contributed by atoms with Gasteiger partial charge in [-0.15, -0.1) is 0 Å². The van der Waals surface area contributed by atoms with E-state index in [9.17, 15) is 14.4 Å². The maximum Gasteiger partial charge on any atom is 0.225 e. The van der Waals surface area contributed by atoms with Gasteiger partial charge in [0.05, 0.1) is 24.3 Å². The van der Waals surface area contributed by atoms with Crippen LogP contribution in [0.25, 0.3) is 11.1 Å². The van der Waals surface area contributed by atoms with Gasteiger partial charge < -0.3 is 14.5 Å². The van der Waals surface area contributed by atoms with Crippen molar-refractivity contribution in [1.29, 1.82) is 5.26 Å². The molecule has 1 saturated heterocycles. The van der Waals surface area contributed by atoms with E-state index < -0.39 is 0 Å². The number of carbonyl (C=O) groups excluding carboxylic acids is 1. The number of methoxy groups -OCH3 is 1. The number of ether oxygens (including phenoxy) is 1. The molecule has 164 valence electrons. The topological polar surface area (TPSA) is 69.5 Å². The van der Waals surface area contributed by atoms with Crippen LogP contribution in [0.3, 0.4) is 0 Å². The predicted molar refractivity (Wildman–Crippen MR) is 118 cm³/mol. The smallest absolute Gasteiger partial charge is 0.225 e. The highest BCUT2D eigenvalue weighted by Crippen LogP contribution is 2.33. The fourth-order valence-corrected chi connectivity index (χ4v) is 3.99. The molecule has 7 heteroatoms. The zero-order valence-corrected chi connectivity index (χ0v) is 18.6. The Morgan fingerprint density at radius 2 is 2.03 bits per heavy atom. The van der Waals surface area contributed by atoms with Gasteiger partial charge in [-0.3, -0.25) is 4.79 Å². The maximum absolute atomic E-state index is 13.4. The van der Waals surface area contributed by atoms with Gasteiger partial charge in [0.15, 0.2) is 0 Å². The number of anilines is 1. The Balaban J connectivity index is 1.92. The molecule has 2 heterocycles. The molecule has 31 heavy (non-hydrogen) atoms. The van der Waals surface area contributed by atoms with Crippen LogP contribution in [-0.2, 0) is 9.53 Å². The third kappa shape index (κ3) is 5.02. The molecular weight excluding hydrogens is 395 g/mol. The fourth-order valence-electron chi connectivity index (χ4n) is 3.99. The predicted octanol–water partition coefficient (Wildman–Crippen LogP) is 3.96. The minimum atomic E-state index is -0.299. The molecule has 0 bridgehead atoms. The van der Waals surface area contributed by atoms with Gasteiger partial charge in [-0.05, 0) is 36.6 Å². The summed E-state index contributed by atoms with van der Waals surface area (Å²) in [4.78, 5) is 21.3. The normalized spacial score (nSPS) is 16.5. The quantitative estimate of drug-likeness (QED) is 0.702. The molecule has 2 aromatic rings. The summed E-state index contributed by atoms with van der Waals surface area (Å²) < 4.78 is 18.4. The summed E-state index contributed by atoms with van der Waals surface area (Å²) in [6.45, 7) is 8.33. The second kappa shape index (κ2) is 9.88. The molecule has 3 rings (SSSR count). The van der Waals surface area contributed by atoms with E-state index in [1.165, 1.54) is 12.1 Å². The van der Waals surface area contributed by atoms with Gasteiger partial charge in [-0.1, -0.05) is 26.0 Å². The molecule has 0 spiro atoms. The number of nitrogens with zero attached hydrogens (tertiary/aromatic N) is 4. The summed E-state index contributed by atoms with van der Waals surface area (Å²) in [5, 5.41) is 9.84. The van der Waals surface area contributed by atoms with E-state index in [4.69, 9.17) is 9.72 Å². The lowest BCUT2D eigenvalue weighted by Crippen LogP contribution is -2.54. The number of piperazine rings is 1. The van der Waals surface area contributed by atoms with Crippen LogP contribution in [0.1, 0.15) is 44.4 Å². The van der Waals surface area contributed by atoms with Gasteiger partial charge >= 0.3 is 0 Å². The van der Waals surface area contributed by atoms with Crippen LogP contribution in [0.15, 0.2) is 30.3 Å². The van der Waals surface area contributed by atoms with Crippen molar-refractivity contribution in [2.75, 3.05) is 38.3 Å². The zero-order valence-electron chi connectivity index (χ0n) is 18.6. The molecule has 1 amide bonds. The lowest BCUT2D eigenvalue weighted by Gasteiger charge is -2.41. The summed E-state index contributed by atoms with van der Waals surface area (Å²) in [5.74, 6) is 0.553. The lowest BCUT2D eigenvalue weighted by molar-refractivity contribution is -0.134. The van der Waals surface area contributed by atoms with Gasteiger partial charge in [0.25, 0.3) is 0 Å². The monoisotopic (exact) mass is 424 g/mol. The first-order valence-electron chi connectivity index (χ1n) is 10.6. The Kier molecular flexibility index (Phi) is 7.24. The van der Waals surface area contributed by atoms with Crippen molar-refractivity contribution in [2.45, 2.75) is 39.2 Å². The number of amides is 1. The minimum absolute atomic E-state index is 0.00530. The van der Waals surface area contributed by atoms with Gasteiger partial charge in [0.2, 0.25) is 5.91 Å². The van der Waals surface area contributed by atoms with E-state index in [0.29, 0.717) is 44.0 Å². The Labute approximate surface area is 183 Å². The molecule has 0 radical (unpaired) electrons. The van der Waals surface area contributed by atoms with Crippen molar-refractivity contribution in [3.05, 3.63) is 47.4 Å². The van der Waals surface area contributed by atoms with E-state index in [0.717, 1.165) is 16.8 Å². The Hall–Kier alpha value is -2.98. The molecule has 0 saturated carbocycles. The summed E-state index contributed by atoms with van der Waals surface area (Å²) in [6.07, 6.45) is 0.367. The van der Waals surface area contributed by atoms with Gasteiger partial charge in [0.1, 0.15) is 17.7 Å². The van der Waals surface area contributed by atoms with E-state index in [1.54, 1.807) is 19.2 Å². The molecule has 1 unspecified atom stereocenters. The van der Waals surface area contributed by atoms with Crippen molar-refractivity contribution in [3.8, 4) is 17.2 Å². The highest BCUT2D eigenvalue weighted by Gasteiger charge is 2.29. The second-order valence-corrected chi connectivity index (χ2v) is 8.19. The Bertz CT molecular complexity index is 969. The SMILES string of the molecule is COCCC(=O)N1CCN(c2nc(C(C)C)c(-c3ccc(F)cc3)cc2C#N)CC1C. The third-order valence-corrected chi connectivity index (χ3v) is 5.62. The van der Waals surface area contributed by atoms with Crippen LogP contribution in [0.5, 0.6) is 0 Å². The molecule has 1 aromatic carbocycles. The third-order valence-electron chi connectivity index (χ3n) is 5.62. The highest BCUT2D eigenvalue weighted by molar-refractivity contribution is 5.77. The molecule has 1 aliphatic rings. The Morgan fingerprint density at radius 3 is 2.61 bits per heavy atom. The molecule has 1 aromatic heterocycles. The second-order valence-electron chi connectivity index (χ2n) is 8.19. The summed E-state index contributed by atoms with van der Waals surface area (Å²) in [7, 11) is 1.59. The number of nitriles is 1. The van der Waals surface area contributed by atoms with Crippen molar-refractivity contribution in [1.82, 2.24) is 9.88 Å². The maximum atomic E-state index is 13.4. The van der Waals surface area contributed by atoms with E-state index in [1.807, 2.05) is 17.9 Å². The van der Waals surface area contributed by atoms with Crippen LogP contribution in [0, 0.1) is 17.1 Å². The van der Waals surface area contributed by atoms with Crippen molar-refractivity contribution in [3.63, 3.8) is 0 Å². The summed E-state index contributed by atoms with van der Waals surface area (Å²) in [6, 6.07) is 10.4. The van der Waals surface area contributed by atoms with Crippen molar-refractivity contribution < 1.29 is 13.9 Å². The average molecular weight is 425 g/mol. The van der Waals surface area contributed by atoms with Gasteiger partial charge in [-0.25, -0.2) is 9.37 Å². The average Bonchev–Trinajstić information content (AvgIpc) is 2.76. The van der Waals surface area contributed by atoms with Crippen LogP contribution >= 0.6 is 0 Å². The van der Waals surface area contributed by atoms with Crippen LogP contribution < -0.4 is 4.90 Å². The van der Waals surface area contributed by atoms with Gasteiger partial charge in [-0.2, -0.15) is 5.26 Å². The first-order chi connectivity index (χ1) is 14.8. The number of halogens is 1. The first-order valence-corrected chi connectivity index (χ1v) is 10.6. The van der Waals surface area contributed by atoms with Crippen LogP contribution in [0.2, 0.25) is 0 Å². The number of hydrogen-bond acceptors (Lipinski definition) is 5. The summed E-state index contributed by atoms with van der Waals surface area (Å²) >= 11 is 0. The molecule has 1 fully saturated rings. The molecule has 1 atom stereocenters. The number of pyridine rings is 1. The van der Waals surface area contributed by atoms with Crippen molar-refractivity contribution >= 4 is 11.7 Å². The molecule has 1 aliphatic heterocycles. The van der Waals surface area contributed by atoms with Crippen molar-refractivity contribution in [2.24, 2.45) is 0 Å². The standard InChI is InChI=1S/C24H29FN4O2/c1-16(2)23-21(18-5-7-20(25)8-6-18)13-19(14-26)24(27-23)28-10-11-29(17(3)15-28)22(30)9-12-31-4/h5-8,13,16-17H,9-12,15H2,1-4H3. The number of carbonyl (C=O) groups is 1.